The zero-order chi connectivity index (χ0) is 57.1. The molecule has 0 radical (unpaired) electrons. The van der Waals surface area contributed by atoms with Crippen LogP contribution in [0.3, 0.4) is 0 Å². The molecule has 0 saturated heterocycles. The molecule has 0 amide bonds. The van der Waals surface area contributed by atoms with Crippen molar-refractivity contribution in [3.63, 3.8) is 0 Å². The third kappa shape index (κ3) is 64.3. The molecule has 1 atom stereocenters. The number of rotatable bonds is 58. The van der Waals surface area contributed by atoms with Crippen molar-refractivity contribution in [1.82, 2.24) is 0 Å². The van der Waals surface area contributed by atoms with Crippen LogP contribution in [0, 0.1) is 0 Å². The number of allylic oxidation sites excluding steroid dienone is 22. The highest BCUT2D eigenvalue weighted by molar-refractivity contribution is 5.71. The second-order valence-corrected chi connectivity index (χ2v) is 21.3. The van der Waals surface area contributed by atoms with Crippen LogP contribution in [0.4, 0.5) is 0 Å². The van der Waals surface area contributed by atoms with E-state index in [4.69, 9.17) is 14.2 Å². The maximum absolute atomic E-state index is 12.8. The lowest BCUT2D eigenvalue weighted by molar-refractivity contribution is -0.167. The van der Waals surface area contributed by atoms with Crippen LogP contribution in [0.25, 0.3) is 0 Å². The molecule has 0 saturated carbocycles. The van der Waals surface area contributed by atoms with E-state index in [1.807, 2.05) is 0 Å². The Balaban J connectivity index is 4.01. The fraction of sp³-hybridized carbons (Fsp3) is 0.658. The fourth-order valence-corrected chi connectivity index (χ4v) is 8.83. The molecule has 0 aliphatic carbocycles. The summed E-state index contributed by atoms with van der Waals surface area (Å²) in [6, 6.07) is 0. The predicted molar refractivity (Wildman–Crippen MR) is 343 cm³/mol. The summed E-state index contributed by atoms with van der Waals surface area (Å²) >= 11 is 0. The molecule has 0 N–H and O–H groups in total. The van der Waals surface area contributed by atoms with Gasteiger partial charge in [0.25, 0.3) is 0 Å². The lowest BCUT2D eigenvalue weighted by atomic mass is 10.0. The molecule has 1 unspecified atom stereocenters. The highest BCUT2D eigenvalue weighted by atomic mass is 16.6. The topological polar surface area (TPSA) is 78.9 Å². The molecule has 448 valence electrons. The van der Waals surface area contributed by atoms with Gasteiger partial charge in [-0.1, -0.05) is 289 Å². The third-order valence-electron chi connectivity index (χ3n) is 13.7. The van der Waals surface area contributed by atoms with Crippen molar-refractivity contribution in [2.45, 2.75) is 297 Å². The van der Waals surface area contributed by atoms with Gasteiger partial charge in [0, 0.05) is 19.3 Å². The van der Waals surface area contributed by atoms with Gasteiger partial charge in [0.1, 0.15) is 13.2 Å². The number of ether oxygens (including phenoxy) is 3. The second kappa shape index (κ2) is 66.1. The average Bonchev–Trinajstić information content (AvgIpc) is 3.45. The van der Waals surface area contributed by atoms with Gasteiger partial charge in [-0.25, -0.2) is 0 Å². The van der Waals surface area contributed by atoms with Crippen LogP contribution in [0.15, 0.2) is 134 Å². The molecule has 0 aromatic rings. The van der Waals surface area contributed by atoms with E-state index in [9.17, 15) is 14.4 Å². The quantitative estimate of drug-likeness (QED) is 0.0261. The molecular weight excluding hydrogens is 973 g/mol. The first-order valence-corrected chi connectivity index (χ1v) is 32.7. The van der Waals surface area contributed by atoms with Crippen LogP contribution in [-0.2, 0) is 28.6 Å². The molecule has 0 aliphatic heterocycles. The van der Waals surface area contributed by atoms with Crippen molar-refractivity contribution in [1.29, 1.82) is 0 Å². The van der Waals surface area contributed by atoms with Crippen LogP contribution >= 0.6 is 0 Å². The minimum absolute atomic E-state index is 0.0868. The SMILES string of the molecule is CC/C=C\C/C=C\C/C=C\C/C=C\C/C=C\C/C=C\CCCCCCCCCCCCCCCCCCC(=O)OCC(COC(=O)CCCCCCC)OC(=O)CCCCCCC/C=C\C/C=C\C/C=C\C/C=C\C/C=C\CC. The molecule has 0 fully saturated rings. The van der Waals surface area contributed by atoms with Gasteiger partial charge < -0.3 is 14.2 Å². The maximum Gasteiger partial charge on any atom is 0.306 e. The van der Waals surface area contributed by atoms with E-state index >= 15 is 0 Å². The Kier molecular flexibility index (Phi) is 62.3. The van der Waals surface area contributed by atoms with Gasteiger partial charge in [-0.2, -0.15) is 0 Å². The lowest BCUT2D eigenvalue weighted by Gasteiger charge is -2.18. The van der Waals surface area contributed by atoms with Gasteiger partial charge in [0.05, 0.1) is 0 Å². The van der Waals surface area contributed by atoms with E-state index in [0.717, 1.165) is 154 Å². The van der Waals surface area contributed by atoms with Gasteiger partial charge in [-0.15, -0.1) is 0 Å². The summed E-state index contributed by atoms with van der Waals surface area (Å²) in [5.74, 6) is -0.917. The van der Waals surface area contributed by atoms with Crippen LogP contribution in [-0.4, -0.2) is 37.2 Å². The largest absolute Gasteiger partial charge is 0.462 e. The Morgan fingerprint density at radius 1 is 0.266 bits per heavy atom. The van der Waals surface area contributed by atoms with Crippen molar-refractivity contribution in [2.24, 2.45) is 0 Å². The standard InChI is InChI=1S/C73H120O6/c1-4-7-10-13-15-17-19-21-23-25-27-29-30-31-32-33-34-35-36-37-38-39-40-41-42-44-45-47-49-51-53-55-57-60-63-66-72(75)78-69-70(68-77-71(74)65-62-59-12-9-6-3)79-73(76)67-64-61-58-56-54-52-50-48-46-43-28-26-24-22-20-18-16-14-11-8-5-2/h7-8,10-11,15-18,21-24,27-29,31-32,34-35,43,48,50,70H,4-6,9,12-14,19-20,25-26,30,33,36-42,44-47,49,51-69H2,1-3H3/b10-7-,11-8-,17-15-,18-16-,23-21-,24-22-,29-27-,32-31-,35-34-,43-28-,50-48-. The van der Waals surface area contributed by atoms with Crippen LogP contribution < -0.4 is 0 Å². The number of carbonyl (C=O) groups is 3. The maximum atomic E-state index is 12.8. The lowest BCUT2D eigenvalue weighted by Crippen LogP contribution is -2.30. The summed E-state index contributed by atoms with van der Waals surface area (Å²) in [5, 5.41) is 0. The molecular formula is C73H120O6. The summed E-state index contributed by atoms with van der Waals surface area (Å²) in [6.07, 6.45) is 93.8. The Labute approximate surface area is 487 Å². The van der Waals surface area contributed by atoms with E-state index in [2.05, 4.69) is 154 Å². The van der Waals surface area contributed by atoms with Gasteiger partial charge in [0.15, 0.2) is 6.10 Å². The van der Waals surface area contributed by atoms with Crippen molar-refractivity contribution >= 4 is 17.9 Å². The zero-order valence-corrected chi connectivity index (χ0v) is 51.3. The van der Waals surface area contributed by atoms with E-state index in [1.165, 1.54) is 96.3 Å². The van der Waals surface area contributed by atoms with Gasteiger partial charge in [-0.05, 0) is 116 Å². The minimum Gasteiger partial charge on any atom is -0.462 e. The van der Waals surface area contributed by atoms with Crippen LogP contribution in [0.5, 0.6) is 0 Å². The molecule has 0 aromatic heterocycles. The monoisotopic (exact) mass is 1090 g/mol. The number of esters is 3. The Bertz CT molecular complexity index is 1680. The summed E-state index contributed by atoms with van der Waals surface area (Å²) in [4.78, 5) is 37.9. The normalized spacial score (nSPS) is 13.0. The second-order valence-electron chi connectivity index (χ2n) is 21.3. The van der Waals surface area contributed by atoms with Crippen molar-refractivity contribution < 1.29 is 28.6 Å². The predicted octanol–water partition coefficient (Wildman–Crippen LogP) is 22.5. The van der Waals surface area contributed by atoms with Crippen molar-refractivity contribution in [3.8, 4) is 0 Å². The van der Waals surface area contributed by atoms with Crippen LogP contribution in [0.1, 0.15) is 290 Å². The average molecular weight is 1090 g/mol. The molecule has 0 aliphatic rings. The smallest absolute Gasteiger partial charge is 0.306 e. The highest BCUT2D eigenvalue weighted by Crippen LogP contribution is 2.16. The van der Waals surface area contributed by atoms with Gasteiger partial charge >= 0.3 is 17.9 Å². The molecule has 0 spiro atoms. The fourth-order valence-electron chi connectivity index (χ4n) is 8.83. The number of hydrogen-bond donors (Lipinski definition) is 0. The van der Waals surface area contributed by atoms with E-state index in [1.54, 1.807) is 0 Å². The first kappa shape index (κ1) is 74.5. The number of unbranched alkanes of at least 4 members (excludes halogenated alkanes) is 25. The number of hydrogen-bond acceptors (Lipinski definition) is 6. The van der Waals surface area contributed by atoms with E-state index < -0.39 is 6.10 Å². The summed E-state index contributed by atoms with van der Waals surface area (Å²) in [7, 11) is 0. The summed E-state index contributed by atoms with van der Waals surface area (Å²) in [6.45, 7) is 6.32. The molecule has 6 heteroatoms. The molecule has 6 nitrogen and oxygen atoms in total. The Morgan fingerprint density at radius 2 is 0.494 bits per heavy atom. The summed E-state index contributed by atoms with van der Waals surface area (Å²) < 4.78 is 16.8. The van der Waals surface area contributed by atoms with Gasteiger partial charge in [-0.3, -0.25) is 14.4 Å². The van der Waals surface area contributed by atoms with E-state index in [0.29, 0.717) is 19.3 Å². The zero-order valence-electron chi connectivity index (χ0n) is 51.3. The third-order valence-corrected chi connectivity index (χ3v) is 13.7. The first-order valence-electron chi connectivity index (χ1n) is 32.7. The van der Waals surface area contributed by atoms with Gasteiger partial charge in [0.2, 0.25) is 0 Å². The van der Waals surface area contributed by atoms with Crippen LogP contribution in [0.2, 0.25) is 0 Å². The van der Waals surface area contributed by atoms with Crippen molar-refractivity contribution in [3.05, 3.63) is 134 Å². The summed E-state index contributed by atoms with van der Waals surface area (Å²) in [5.41, 5.74) is 0. The highest BCUT2D eigenvalue weighted by Gasteiger charge is 2.19. The first-order chi connectivity index (χ1) is 39.0. The number of carbonyl (C=O) groups excluding carboxylic acids is 3. The molecule has 79 heavy (non-hydrogen) atoms. The Morgan fingerprint density at radius 3 is 0.772 bits per heavy atom. The molecule has 0 rings (SSSR count). The molecule has 0 bridgehead atoms. The van der Waals surface area contributed by atoms with E-state index in [-0.39, 0.29) is 31.1 Å². The molecule has 0 heterocycles. The minimum atomic E-state index is -0.787. The van der Waals surface area contributed by atoms with Crippen molar-refractivity contribution in [2.75, 3.05) is 13.2 Å². The molecule has 0 aromatic carbocycles. The Hall–Kier alpha value is -4.45.